The van der Waals surface area contributed by atoms with Crippen molar-refractivity contribution in [3.8, 4) is 0 Å². The molecule has 0 amide bonds. The number of fused-ring (bicyclic) bond motifs is 1. The van der Waals surface area contributed by atoms with E-state index in [0.29, 0.717) is 0 Å². The molecule has 0 unspecified atom stereocenters. The molecule has 0 bridgehead atoms. The highest BCUT2D eigenvalue weighted by Crippen LogP contribution is 2.10. The van der Waals surface area contributed by atoms with Crippen LogP contribution in [0, 0.1) is 0 Å². The summed E-state index contributed by atoms with van der Waals surface area (Å²) in [7, 11) is 1.80. The van der Waals surface area contributed by atoms with E-state index in [1.165, 1.54) is 0 Å². The van der Waals surface area contributed by atoms with Crippen LogP contribution in [0.4, 0.5) is 0 Å². The van der Waals surface area contributed by atoms with E-state index in [1.54, 1.807) is 7.05 Å². The molecule has 0 aliphatic carbocycles. The van der Waals surface area contributed by atoms with Crippen LogP contribution < -0.4 is 10.6 Å². The Morgan fingerprint density at radius 3 is 2.86 bits per heavy atom. The molecular formula is C15H23N5S. The molecule has 21 heavy (non-hydrogen) atoms. The van der Waals surface area contributed by atoms with Crippen LogP contribution in [-0.4, -0.2) is 48.1 Å². The number of benzene rings is 1. The average molecular weight is 305 g/mol. The van der Waals surface area contributed by atoms with Gasteiger partial charge in [0.05, 0.1) is 11.0 Å². The molecule has 0 atom stereocenters. The number of hydrogen-bond donors (Lipinski definition) is 3. The monoisotopic (exact) mass is 305 g/mol. The maximum Gasteiger partial charge on any atom is 0.191 e. The predicted octanol–water partition coefficient (Wildman–Crippen LogP) is 2.02. The molecule has 1 aromatic heterocycles. The minimum atomic E-state index is 0.869. The first-order valence-electron chi connectivity index (χ1n) is 7.20. The molecule has 0 spiro atoms. The molecule has 3 N–H and O–H groups in total. The SMILES string of the molecule is CN=C(NCCCc1nc2ccccc2[nH]1)NCCSC. The Morgan fingerprint density at radius 1 is 1.29 bits per heavy atom. The van der Waals surface area contributed by atoms with Gasteiger partial charge < -0.3 is 15.6 Å². The minimum absolute atomic E-state index is 0.869. The fourth-order valence-electron chi connectivity index (χ4n) is 2.08. The molecule has 5 nitrogen and oxygen atoms in total. The molecular weight excluding hydrogens is 282 g/mol. The van der Waals surface area contributed by atoms with E-state index in [9.17, 15) is 0 Å². The molecule has 1 heterocycles. The lowest BCUT2D eigenvalue weighted by atomic mass is 10.3. The van der Waals surface area contributed by atoms with Crippen molar-refractivity contribution in [2.24, 2.45) is 4.99 Å². The van der Waals surface area contributed by atoms with E-state index in [2.05, 4.69) is 37.9 Å². The highest BCUT2D eigenvalue weighted by atomic mass is 32.2. The van der Waals surface area contributed by atoms with Crippen molar-refractivity contribution >= 4 is 28.8 Å². The lowest BCUT2D eigenvalue weighted by Crippen LogP contribution is -2.38. The van der Waals surface area contributed by atoms with Gasteiger partial charge in [-0.25, -0.2) is 4.98 Å². The summed E-state index contributed by atoms with van der Waals surface area (Å²) in [6.45, 7) is 1.82. The molecule has 0 saturated carbocycles. The zero-order valence-corrected chi connectivity index (χ0v) is 13.5. The lowest BCUT2D eigenvalue weighted by Gasteiger charge is -2.10. The smallest absolute Gasteiger partial charge is 0.191 e. The van der Waals surface area contributed by atoms with Crippen molar-refractivity contribution in [1.82, 2.24) is 20.6 Å². The Balaban J connectivity index is 1.71. The van der Waals surface area contributed by atoms with E-state index < -0.39 is 0 Å². The molecule has 1 aromatic carbocycles. The van der Waals surface area contributed by atoms with E-state index in [-0.39, 0.29) is 0 Å². The van der Waals surface area contributed by atoms with Gasteiger partial charge in [0, 0.05) is 32.3 Å². The van der Waals surface area contributed by atoms with Crippen LogP contribution in [0.1, 0.15) is 12.2 Å². The standard InChI is InChI=1S/C15H23N5S/c1-16-15(18-10-11-21-2)17-9-5-8-14-19-12-6-3-4-7-13(12)20-14/h3-4,6-7H,5,8-11H2,1-2H3,(H,19,20)(H2,16,17,18). The summed E-state index contributed by atoms with van der Waals surface area (Å²) in [4.78, 5) is 12.1. The van der Waals surface area contributed by atoms with Gasteiger partial charge in [0.2, 0.25) is 0 Å². The molecule has 0 aliphatic rings. The fourth-order valence-corrected chi connectivity index (χ4v) is 2.38. The van der Waals surface area contributed by atoms with E-state index >= 15 is 0 Å². The zero-order valence-electron chi connectivity index (χ0n) is 12.6. The van der Waals surface area contributed by atoms with E-state index in [0.717, 1.165) is 54.5 Å². The first kappa shape index (κ1) is 15.7. The molecule has 0 saturated heterocycles. The second-order valence-corrected chi connectivity index (χ2v) is 5.71. The lowest BCUT2D eigenvalue weighted by molar-refractivity contribution is 0.731. The molecule has 2 aromatic rings. The zero-order chi connectivity index (χ0) is 14.9. The Labute approximate surface area is 130 Å². The summed E-state index contributed by atoms with van der Waals surface area (Å²) in [5.41, 5.74) is 2.14. The highest BCUT2D eigenvalue weighted by Gasteiger charge is 2.02. The van der Waals surface area contributed by atoms with Crippen LogP contribution in [0.5, 0.6) is 0 Å². The van der Waals surface area contributed by atoms with Crippen LogP contribution in [0.2, 0.25) is 0 Å². The number of aromatic nitrogens is 2. The van der Waals surface area contributed by atoms with E-state index in [4.69, 9.17) is 0 Å². The van der Waals surface area contributed by atoms with Gasteiger partial charge in [-0.15, -0.1) is 0 Å². The number of thioether (sulfide) groups is 1. The van der Waals surface area contributed by atoms with Crippen LogP contribution in [0.15, 0.2) is 29.3 Å². The molecule has 0 radical (unpaired) electrons. The fraction of sp³-hybridized carbons (Fsp3) is 0.467. The van der Waals surface area contributed by atoms with Gasteiger partial charge in [-0.1, -0.05) is 12.1 Å². The molecule has 0 fully saturated rings. The third-order valence-electron chi connectivity index (χ3n) is 3.14. The van der Waals surface area contributed by atoms with Crippen molar-refractivity contribution in [2.75, 3.05) is 32.1 Å². The number of nitrogens with zero attached hydrogens (tertiary/aromatic N) is 2. The number of imidazole rings is 1. The Kier molecular flexibility index (Phi) is 6.40. The molecule has 0 aliphatic heterocycles. The Morgan fingerprint density at radius 2 is 2.10 bits per heavy atom. The topological polar surface area (TPSA) is 65.1 Å². The molecule has 114 valence electrons. The van der Waals surface area contributed by atoms with Gasteiger partial charge >= 0.3 is 0 Å². The number of para-hydroxylation sites is 2. The highest BCUT2D eigenvalue weighted by molar-refractivity contribution is 7.98. The maximum atomic E-state index is 4.58. The largest absolute Gasteiger partial charge is 0.356 e. The first-order valence-corrected chi connectivity index (χ1v) is 8.60. The first-order chi connectivity index (χ1) is 10.3. The molecule has 2 rings (SSSR count). The summed E-state index contributed by atoms with van der Waals surface area (Å²) in [5, 5.41) is 6.61. The summed E-state index contributed by atoms with van der Waals surface area (Å²) >= 11 is 1.82. The third-order valence-corrected chi connectivity index (χ3v) is 3.76. The number of hydrogen-bond acceptors (Lipinski definition) is 3. The van der Waals surface area contributed by atoms with Gasteiger partial charge in [-0.05, 0) is 24.8 Å². The van der Waals surface area contributed by atoms with Gasteiger partial charge in [-0.3, -0.25) is 4.99 Å². The number of aliphatic imine (C=N–C) groups is 1. The average Bonchev–Trinajstić information content (AvgIpc) is 2.92. The van der Waals surface area contributed by atoms with Crippen molar-refractivity contribution in [3.63, 3.8) is 0 Å². The number of nitrogens with one attached hydrogen (secondary N) is 3. The third kappa shape index (κ3) is 4.97. The van der Waals surface area contributed by atoms with Crippen LogP contribution in [0.3, 0.4) is 0 Å². The van der Waals surface area contributed by atoms with Gasteiger partial charge in [0.1, 0.15) is 5.82 Å². The number of H-pyrrole nitrogens is 1. The van der Waals surface area contributed by atoms with Gasteiger partial charge in [-0.2, -0.15) is 11.8 Å². The van der Waals surface area contributed by atoms with Crippen molar-refractivity contribution in [2.45, 2.75) is 12.8 Å². The van der Waals surface area contributed by atoms with Gasteiger partial charge in [0.15, 0.2) is 5.96 Å². The number of aromatic amines is 1. The van der Waals surface area contributed by atoms with E-state index in [1.807, 2.05) is 30.0 Å². The summed E-state index contributed by atoms with van der Waals surface area (Å²) < 4.78 is 0. The second-order valence-electron chi connectivity index (χ2n) is 4.72. The van der Waals surface area contributed by atoms with Gasteiger partial charge in [0.25, 0.3) is 0 Å². The molecule has 6 heteroatoms. The van der Waals surface area contributed by atoms with Crippen LogP contribution in [-0.2, 0) is 6.42 Å². The Bertz CT molecular complexity index is 545. The number of guanidine groups is 1. The van der Waals surface area contributed by atoms with Crippen LogP contribution >= 0.6 is 11.8 Å². The normalized spacial score (nSPS) is 11.8. The predicted molar refractivity (Wildman–Crippen MR) is 92.2 cm³/mol. The number of rotatable bonds is 7. The van der Waals surface area contributed by atoms with Crippen molar-refractivity contribution in [1.29, 1.82) is 0 Å². The summed E-state index contributed by atoms with van der Waals surface area (Å²) in [5.74, 6) is 3.00. The quantitative estimate of drug-likeness (QED) is 0.416. The van der Waals surface area contributed by atoms with Crippen molar-refractivity contribution in [3.05, 3.63) is 30.1 Å². The minimum Gasteiger partial charge on any atom is -0.356 e. The number of aryl methyl sites for hydroxylation is 1. The Hall–Kier alpha value is -1.69. The second kappa shape index (κ2) is 8.56. The van der Waals surface area contributed by atoms with Crippen LogP contribution in [0.25, 0.3) is 11.0 Å². The maximum absolute atomic E-state index is 4.58. The summed E-state index contributed by atoms with van der Waals surface area (Å²) in [6, 6.07) is 8.13. The summed E-state index contributed by atoms with van der Waals surface area (Å²) in [6.07, 6.45) is 4.05. The van der Waals surface area contributed by atoms with Crippen molar-refractivity contribution < 1.29 is 0 Å².